The molecule has 0 saturated carbocycles. The maximum atomic E-state index is 12.8. The fraction of sp³-hybridized carbons (Fsp3) is 0.174. The lowest BCUT2D eigenvalue weighted by molar-refractivity contribution is -0.384. The first-order valence-corrected chi connectivity index (χ1v) is 11.8. The Morgan fingerprint density at radius 2 is 1.97 bits per heavy atom. The largest absolute Gasteiger partial charge is 0.384 e. The van der Waals surface area contributed by atoms with Gasteiger partial charge in [-0.05, 0) is 60.9 Å². The molecule has 1 N–H and O–H groups in total. The highest BCUT2D eigenvalue weighted by Crippen LogP contribution is 2.33. The van der Waals surface area contributed by atoms with Crippen LogP contribution in [0.25, 0.3) is 17.0 Å². The van der Waals surface area contributed by atoms with Crippen LogP contribution in [0.4, 0.5) is 11.4 Å². The second-order valence-electron chi connectivity index (χ2n) is 7.34. The molecule has 1 fully saturated rings. The maximum Gasteiger partial charge on any atom is 0.269 e. The third-order valence-electron chi connectivity index (χ3n) is 5.10. The van der Waals surface area contributed by atoms with Crippen molar-refractivity contribution in [1.29, 1.82) is 0 Å². The van der Waals surface area contributed by atoms with Crippen molar-refractivity contribution in [2.75, 3.05) is 18.4 Å². The van der Waals surface area contributed by atoms with Crippen molar-refractivity contribution >= 4 is 74.2 Å². The number of hydrogen-bond acceptors (Lipinski definition) is 7. The molecule has 1 aliphatic rings. The Hall–Kier alpha value is -3.01. The van der Waals surface area contributed by atoms with Gasteiger partial charge >= 0.3 is 0 Å². The molecule has 0 spiro atoms. The van der Waals surface area contributed by atoms with Crippen molar-refractivity contribution in [3.05, 3.63) is 80.3 Å². The van der Waals surface area contributed by atoms with Gasteiger partial charge in [-0.25, -0.2) is 0 Å². The number of carbonyl (C=O) groups excluding carboxylic acids is 1. The predicted octanol–water partition coefficient (Wildman–Crippen LogP) is 5.89. The van der Waals surface area contributed by atoms with Gasteiger partial charge in [0.15, 0.2) is 0 Å². The summed E-state index contributed by atoms with van der Waals surface area (Å²) in [6, 6.07) is 13.6. The van der Waals surface area contributed by atoms with Crippen molar-refractivity contribution in [3.63, 3.8) is 0 Å². The molecule has 0 aliphatic carbocycles. The van der Waals surface area contributed by atoms with E-state index < -0.39 is 4.92 Å². The Balaban J connectivity index is 1.30. The molecule has 4 rings (SSSR count). The number of benzene rings is 2. The van der Waals surface area contributed by atoms with Gasteiger partial charge in [-0.3, -0.25) is 24.8 Å². The molecule has 3 aromatic rings. The van der Waals surface area contributed by atoms with E-state index in [1.54, 1.807) is 29.3 Å². The molecule has 0 bridgehead atoms. The number of amides is 1. The van der Waals surface area contributed by atoms with Gasteiger partial charge in [-0.1, -0.05) is 35.6 Å². The first-order chi connectivity index (χ1) is 15.9. The molecule has 2 aromatic carbocycles. The summed E-state index contributed by atoms with van der Waals surface area (Å²) in [5, 5.41) is 15.9. The van der Waals surface area contributed by atoms with Crippen LogP contribution in [0.1, 0.15) is 18.4 Å². The first kappa shape index (κ1) is 23.2. The van der Waals surface area contributed by atoms with Crippen LogP contribution in [0.3, 0.4) is 0 Å². The van der Waals surface area contributed by atoms with E-state index in [9.17, 15) is 14.9 Å². The molecule has 7 nitrogen and oxygen atoms in total. The molecule has 1 saturated heterocycles. The number of anilines is 1. The molecule has 2 heterocycles. The zero-order chi connectivity index (χ0) is 23.4. The van der Waals surface area contributed by atoms with Crippen molar-refractivity contribution in [3.8, 4) is 0 Å². The van der Waals surface area contributed by atoms with Crippen LogP contribution in [0.2, 0.25) is 5.02 Å². The number of fused-ring (bicyclic) bond motifs is 1. The summed E-state index contributed by atoms with van der Waals surface area (Å²) >= 11 is 12.7. The molecule has 1 aliphatic heterocycles. The number of unbranched alkanes of at least 4 members (excludes halogenated alkanes) is 1. The molecular weight excluding hydrogens is 480 g/mol. The second-order valence-corrected chi connectivity index (χ2v) is 9.45. The highest BCUT2D eigenvalue weighted by atomic mass is 35.5. The number of rotatable bonds is 8. The van der Waals surface area contributed by atoms with E-state index in [1.807, 2.05) is 24.3 Å². The average Bonchev–Trinajstić information content (AvgIpc) is 3.06. The number of halogens is 1. The molecule has 10 heteroatoms. The smallest absolute Gasteiger partial charge is 0.269 e. The normalized spacial score (nSPS) is 14.9. The highest BCUT2D eigenvalue weighted by Gasteiger charge is 2.31. The molecule has 0 unspecified atom stereocenters. The van der Waals surface area contributed by atoms with E-state index in [1.165, 1.54) is 23.9 Å². The molecule has 33 heavy (non-hydrogen) atoms. The number of pyridine rings is 1. The van der Waals surface area contributed by atoms with Gasteiger partial charge in [0.2, 0.25) is 0 Å². The lowest BCUT2D eigenvalue weighted by Gasteiger charge is -2.15. The lowest BCUT2D eigenvalue weighted by Crippen LogP contribution is -2.29. The number of thioether (sulfide) groups is 1. The van der Waals surface area contributed by atoms with Gasteiger partial charge in [-0.2, -0.15) is 0 Å². The molecule has 1 amide bonds. The number of carbonyl (C=O) groups is 1. The van der Waals surface area contributed by atoms with Gasteiger partial charge in [0.05, 0.1) is 15.3 Å². The van der Waals surface area contributed by atoms with Crippen molar-refractivity contribution in [2.24, 2.45) is 0 Å². The fourth-order valence-corrected chi connectivity index (χ4v) is 4.90. The van der Waals surface area contributed by atoms with E-state index in [0.29, 0.717) is 20.8 Å². The topological polar surface area (TPSA) is 88.4 Å². The number of nitrogens with zero attached hydrogens (tertiary/aromatic N) is 3. The van der Waals surface area contributed by atoms with Gasteiger partial charge in [0, 0.05) is 47.5 Å². The number of non-ortho nitro benzene ring substituents is 1. The predicted molar refractivity (Wildman–Crippen MR) is 137 cm³/mol. The number of aromatic nitrogens is 1. The minimum Gasteiger partial charge on any atom is -0.384 e. The van der Waals surface area contributed by atoms with Crippen LogP contribution in [0.15, 0.2) is 59.6 Å². The number of nitro benzene ring substituents is 1. The Labute approximate surface area is 205 Å². The number of nitro groups is 1. The zero-order valence-electron chi connectivity index (χ0n) is 17.4. The molecule has 0 atom stereocenters. The van der Waals surface area contributed by atoms with Crippen LogP contribution in [0.5, 0.6) is 0 Å². The van der Waals surface area contributed by atoms with E-state index in [-0.39, 0.29) is 11.6 Å². The lowest BCUT2D eigenvalue weighted by atomic mass is 10.2. The van der Waals surface area contributed by atoms with Gasteiger partial charge in [0.1, 0.15) is 4.32 Å². The minimum atomic E-state index is -0.453. The van der Waals surface area contributed by atoms with E-state index >= 15 is 0 Å². The fourth-order valence-electron chi connectivity index (χ4n) is 3.43. The maximum absolute atomic E-state index is 12.8. The number of nitrogens with one attached hydrogen (secondary N) is 1. The standard InChI is InChI=1S/C23H19ClN4O3S2/c24-16-5-8-18-19(9-11-26-20(18)14-16)25-10-1-2-12-27-22(29)21(33-23(27)32)13-15-3-6-17(7-4-15)28(30)31/h3-9,11,13-14H,1-2,10,12H2,(H,25,26)/b21-13-. The Bertz CT molecular complexity index is 1260. The van der Waals surface area contributed by atoms with Crippen molar-refractivity contribution < 1.29 is 9.72 Å². The van der Waals surface area contributed by atoms with Crippen LogP contribution in [0, 0.1) is 10.1 Å². The highest BCUT2D eigenvalue weighted by molar-refractivity contribution is 8.26. The van der Waals surface area contributed by atoms with Crippen LogP contribution in [-0.2, 0) is 4.79 Å². The quantitative estimate of drug-likeness (QED) is 0.136. The summed E-state index contributed by atoms with van der Waals surface area (Å²) in [6.45, 7) is 1.28. The average molecular weight is 499 g/mol. The van der Waals surface area contributed by atoms with Crippen LogP contribution < -0.4 is 5.32 Å². The zero-order valence-corrected chi connectivity index (χ0v) is 19.8. The Morgan fingerprint density at radius 1 is 1.18 bits per heavy atom. The first-order valence-electron chi connectivity index (χ1n) is 10.2. The summed E-state index contributed by atoms with van der Waals surface area (Å²) in [5.74, 6) is -0.131. The van der Waals surface area contributed by atoms with E-state index in [0.717, 1.165) is 41.5 Å². The molecule has 1 aromatic heterocycles. The summed E-state index contributed by atoms with van der Waals surface area (Å²) in [7, 11) is 0. The Kier molecular flexibility index (Phi) is 7.22. The minimum absolute atomic E-state index is 0.0110. The summed E-state index contributed by atoms with van der Waals surface area (Å²) in [6.07, 6.45) is 5.11. The van der Waals surface area contributed by atoms with Gasteiger partial charge in [0.25, 0.3) is 11.6 Å². The van der Waals surface area contributed by atoms with E-state index in [2.05, 4.69) is 10.3 Å². The van der Waals surface area contributed by atoms with Crippen LogP contribution >= 0.6 is 35.6 Å². The van der Waals surface area contributed by atoms with Crippen molar-refractivity contribution in [2.45, 2.75) is 12.8 Å². The monoisotopic (exact) mass is 498 g/mol. The molecular formula is C23H19ClN4O3S2. The van der Waals surface area contributed by atoms with Crippen LogP contribution in [-0.4, -0.2) is 38.1 Å². The number of thiocarbonyl (C=S) groups is 1. The van der Waals surface area contributed by atoms with E-state index in [4.69, 9.17) is 23.8 Å². The molecule has 0 radical (unpaired) electrons. The molecule has 168 valence electrons. The second kappa shape index (κ2) is 10.3. The third kappa shape index (κ3) is 5.50. The Morgan fingerprint density at radius 3 is 2.73 bits per heavy atom. The van der Waals surface area contributed by atoms with Gasteiger partial charge < -0.3 is 5.32 Å². The van der Waals surface area contributed by atoms with Crippen molar-refractivity contribution in [1.82, 2.24) is 9.88 Å². The summed E-state index contributed by atoms with van der Waals surface area (Å²) in [5.41, 5.74) is 2.56. The number of hydrogen-bond donors (Lipinski definition) is 1. The SMILES string of the molecule is O=C1/C(=C/c2ccc([N+](=O)[O-])cc2)SC(=S)N1CCCCNc1ccnc2cc(Cl)ccc12. The summed E-state index contributed by atoms with van der Waals surface area (Å²) < 4.78 is 0.526. The third-order valence-corrected chi connectivity index (χ3v) is 6.72. The van der Waals surface area contributed by atoms with Gasteiger partial charge in [-0.15, -0.1) is 0 Å². The summed E-state index contributed by atoms with van der Waals surface area (Å²) in [4.78, 5) is 29.6.